The molecule has 28 heavy (non-hydrogen) atoms. The molecule has 3 rings (SSSR count). The van der Waals surface area contributed by atoms with Crippen LogP contribution in [-0.4, -0.2) is 16.6 Å². The first-order valence-corrected chi connectivity index (χ1v) is 8.62. The van der Waals surface area contributed by atoms with Gasteiger partial charge in [-0.1, -0.05) is 31.2 Å². The summed E-state index contributed by atoms with van der Waals surface area (Å²) in [4.78, 5) is 7.69. The highest BCUT2D eigenvalue weighted by Crippen LogP contribution is 2.37. The Hall–Kier alpha value is -3.29. The maximum absolute atomic E-state index is 13.3. The van der Waals surface area contributed by atoms with Crippen LogP contribution in [-0.2, 0) is 6.18 Å². The second-order valence-corrected chi connectivity index (χ2v) is 5.83. The molecule has 3 aromatic rings. The largest absolute Gasteiger partial charge is 0.494 e. The molecule has 0 aliphatic heterocycles. The Kier molecular flexibility index (Phi) is 5.98. The number of nitrogens with zero attached hydrogens (tertiary/aromatic N) is 2. The van der Waals surface area contributed by atoms with Gasteiger partial charge in [0.2, 0.25) is 11.8 Å². The molecule has 5 nitrogen and oxygen atoms in total. The van der Waals surface area contributed by atoms with E-state index < -0.39 is 17.6 Å². The molecule has 0 spiro atoms. The van der Waals surface area contributed by atoms with Crippen LogP contribution >= 0.6 is 0 Å². The van der Waals surface area contributed by atoms with Crippen LogP contribution in [0, 0.1) is 0 Å². The summed E-state index contributed by atoms with van der Waals surface area (Å²) in [6.07, 6.45) is -3.08. The van der Waals surface area contributed by atoms with Crippen LogP contribution in [0.3, 0.4) is 0 Å². The van der Waals surface area contributed by atoms with Gasteiger partial charge in [-0.15, -0.1) is 0 Å². The normalized spacial score (nSPS) is 11.1. The molecule has 0 unspecified atom stereocenters. The molecule has 1 N–H and O–H groups in total. The fraction of sp³-hybridized carbons (Fsp3) is 0.200. The van der Waals surface area contributed by atoms with E-state index in [0.717, 1.165) is 6.42 Å². The van der Waals surface area contributed by atoms with Crippen molar-refractivity contribution in [3.63, 3.8) is 0 Å². The molecule has 1 aromatic heterocycles. The summed E-state index contributed by atoms with van der Waals surface area (Å²) in [5.74, 6) is 0.285. The number of alkyl halides is 3. The van der Waals surface area contributed by atoms with Gasteiger partial charge in [-0.25, -0.2) is 4.98 Å². The number of hydrogen-bond acceptors (Lipinski definition) is 5. The molecule has 0 aliphatic carbocycles. The van der Waals surface area contributed by atoms with Crippen LogP contribution in [0.5, 0.6) is 17.4 Å². The molecule has 0 saturated carbocycles. The maximum atomic E-state index is 13.3. The van der Waals surface area contributed by atoms with Crippen molar-refractivity contribution in [2.45, 2.75) is 19.5 Å². The lowest BCUT2D eigenvalue weighted by Crippen LogP contribution is -2.11. The topological polar surface area (TPSA) is 56.3 Å². The molecule has 0 aliphatic rings. The van der Waals surface area contributed by atoms with Gasteiger partial charge in [0.05, 0.1) is 6.61 Å². The monoisotopic (exact) mass is 389 g/mol. The van der Waals surface area contributed by atoms with Crippen molar-refractivity contribution in [3.8, 4) is 17.4 Å². The third-order valence-corrected chi connectivity index (χ3v) is 3.58. The number of rotatable bonds is 7. The van der Waals surface area contributed by atoms with Gasteiger partial charge in [0, 0.05) is 18.0 Å². The summed E-state index contributed by atoms with van der Waals surface area (Å²) in [5.41, 5.74) is -0.471. The van der Waals surface area contributed by atoms with Crippen molar-refractivity contribution < 1.29 is 22.6 Å². The van der Waals surface area contributed by atoms with Crippen molar-refractivity contribution in [2.75, 3.05) is 11.9 Å². The van der Waals surface area contributed by atoms with Gasteiger partial charge in [0.25, 0.3) is 0 Å². The fourth-order valence-electron chi connectivity index (χ4n) is 2.31. The minimum Gasteiger partial charge on any atom is -0.494 e. The van der Waals surface area contributed by atoms with Crippen molar-refractivity contribution in [2.24, 2.45) is 0 Å². The number of hydrogen-bond donors (Lipinski definition) is 1. The molecule has 0 radical (unpaired) electrons. The third-order valence-electron chi connectivity index (χ3n) is 3.58. The maximum Gasteiger partial charge on any atom is 0.423 e. The van der Waals surface area contributed by atoms with Crippen molar-refractivity contribution in [3.05, 3.63) is 66.4 Å². The van der Waals surface area contributed by atoms with E-state index >= 15 is 0 Å². The highest BCUT2D eigenvalue weighted by molar-refractivity contribution is 5.56. The van der Waals surface area contributed by atoms with Gasteiger partial charge in [-0.2, -0.15) is 18.2 Å². The van der Waals surface area contributed by atoms with E-state index in [1.165, 1.54) is 0 Å². The predicted molar refractivity (Wildman–Crippen MR) is 99.1 cm³/mol. The number of aromatic nitrogens is 2. The molecular formula is C20H18F3N3O2. The van der Waals surface area contributed by atoms with E-state index in [4.69, 9.17) is 9.47 Å². The first-order chi connectivity index (χ1) is 13.5. The Morgan fingerprint density at radius 2 is 1.75 bits per heavy atom. The number of halogens is 3. The summed E-state index contributed by atoms with van der Waals surface area (Å²) >= 11 is 0. The molecule has 0 atom stereocenters. The second kappa shape index (κ2) is 8.60. The molecule has 0 amide bonds. The van der Waals surface area contributed by atoms with E-state index in [-0.39, 0.29) is 11.7 Å². The first kappa shape index (κ1) is 19.5. The quantitative estimate of drug-likeness (QED) is 0.552. The third kappa shape index (κ3) is 5.12. The van der Waals surface area contributed by atoms with E-state index in [0.29, 0.717) is 24.2 Å². The summed E-state index contributed by atoms with van der Waals surface area (Å²) in [6.45, 7) is 2.56. The molecule has 8 heteroatoms. The Morgan fingerprint density at radius 3 is 2.46 bits per heavy atom. The minimum atomic E-state index is -4.64. The van der Waals surface area contributed by atoms with Crippen LogP contribution in [0.4, 0.5) is 24.8 Å². The molecule has 0 fully saturated rings. The minimum absolute atomic E-state index is 0.0217. The fourth-order valence-corrected chi connectivity index (χ4v) is 2.31. The summed E-state index contributed by atoms with van der Waals surface area (Å²) in [7, 11) is 0. The number of anilines is 2. The Morgan fingerprint density at radius 1 is 1.00 bits per heavy atom. The van der Waals surface area contributed by atoms with E-state index in [1.54, 1.807) is 54.6 Å². The Balaban J connectivity index is 1.87. The van der Waals surface area contributed by atoms with Crippen LogP contribution in [0.1, 0.15) is 18.9 Å². The number of benzene rings is 2. The van der Waals surface area contributed by atoms with Crippen molar-refractivity contribution in [1.82, 2.24) is 9.97 Å². The average molecular weight is 389 g/mol. The first-order valence-electron chi connectivity index (χ1n) is 8.62. The summed E-state index contributed by atoms with van der Waals surface area (Å²) in [5, 5.41) is 2.88. The van der Waals surface area contributed by atoms with Crippen LogP contribution in [0.2, 0.25) is 0 Å². The van der Waals surface area contributed by atoms with Gasteiger partial charge >= 0.3 is 6.18 Å². The Labute approximate surface area is 160 Å². The van der Waals surface area contributed by atoms with Crippen LogP contribution < -0.4 is 14.8 Å². The number of nitrogens with one attached hydrogen (secondary N) is 1. The van der Waals surface area contributed by atoms with E-state index in [1.807, 2.05) is 6.92 Å². The van der Waals surface area contributed by atoms with Gasteiger partial charge < -0.3 is 14.8 Å². The highest BCUT2D eigenvalue weighted by Gasteiger charge is 2.36. The van der Waals surface area contributed by atoms with Gasteiger partial charge in [0.1, 0.15) is 17.1 Å². The van der Waals surface area contributed by atoms with Crippen LogP contribution in [0.15, 0.2) is 60.8 Å². The number of para-hydroxylation sites is 1. The molecule has 146 valence electrons. The SMILES string of the molecule is CCCOc1cccc(Nc2ncc(C(F)(F)F)c(Oc3ccccc3)n2)c1. The van der Waals surface area contributed by atoms with Gasteiger partial charge in [0.15, 0.2) is 0 Å². The zero-order valence-electron chi connectivity index (χ0n) is 15.0. The smallest absolute Gasteiger partial charge is 0.423 e. The van der Waals surface area contributed by atoms with Gasteiger partial charge in [-0.05, 0) is 30.7 Å². The summed E-state index contributed by atoms with van der Waals surface area (Å²) < 4.78 is 50.8. The highest BCUT2D eigenvalue weighted by atomic mass is 19.4. The van der Waals surface area contributed by atoms with Crippen molar-refractivity contribution >= 4 is 11.6 Å². The second-order valence-electron chi connectivity index (χ2n) is 5.83. The zero-order chi connectivity index (χ0) is 20.0. The van der Waals surface area contributed by atoms with Crippen molar-refractivity contribution in [1.29, 1.82) is 0 Å². The lowest BCUT2D eigenvalue weighted by Gasteiger charge is -2.14. The molecule has 1 heterocycles. The van der Waals surface area contributed by atoms with E-state index in [9.17, 15) is 13.2 Å². The summed E-state index contributed by atoms with van der Waals surface area (Å²) in [6, 6.07) is 15.1. The Bertz CT molecular complexity index is 918. The van der Waals surface area contributed by atoms with Gasteiger partial charge in [-0.3, -0.25) is 0 Å². The zero-order valence-corrected chi connectivity index (χ0v) is 15.0. The lowest BCUT2D eigenvalue weighted by atomic mass is 10.3. The molecule has 2 aromatic carbocycles. The predicted octanol–water partition coefficient (Wildman–Crippen LogP) is 5.82. The lowest BCUT2D eigenvalue weighted by molar-refractivity contribution is -0.139. The van der Waals surface area contributed by atoms with E-state index in [2.05, 4.69) is 15.3 Å². The van der Waals surface area contributed by atoms with Crippen LogP contribution in [0.25, 0.3) is 0 Å². The number of ether oxygens (including phenoxy) is 2. The average Bonchev–Trinajstić information content (AvgIpc) is 2.67. The standard InChI is InChI=1S/C20H18F3N3O2/c1-2-11-27-16-10-6-7-14(12-16)25-19-24-13-17(20(21,22)23)18(26-19)28-15-8-4-3-5-9-15/h3-10,12-13H,2,11H2,1H3,(H,24,25,26). The molecule has 0 bridgehead atoms. The molecular weight excluding hydrogens is 371 g/mol. The molecule has 0 saturated heterocycles.